The van der Waals surface area contributed by atoms with Gasteiger partial charge in [-0.05, 0) is 49.3 Å². The first-order chi connectivity index (χ1) is 15.3. The minimum Gasteiger partial charge on any atom is -0.465 e. The Balaban J connectivity index is 1.41. The second-order valence-corrected chi connectivity index (χ2v) is 8.65. The molecule has 0 bridgehead atoms. The average molecular weight is 444 g/mol. The lowest BCUT2D eigenvalue weighted by atomic mass is 9.77. The van der Waals surface area contributed by atoms with Gasteiger partial charge in [-0.25, -0.2) is 9.59 Å². The number of aryl methyl sites for hydroxylation is 1. The van der Waals surface area contributed by atoms with E-state index in [1.54, 1.807) is 18.7 Å². The van der Waals surface area contributed by atoms with Gasteiger partial charge in [0, 0.05) is 33.7 Å². The molecule has 2 fully saturated rings. The number of nitrogens with one attached hydrogen (secondary N) is 1. The van der Waals surface area contributed by atoms with Crippen molar-refractivity contribution in [1.29, 1.82) is 0 Å². The number of hydrogen-bond acceptors (Lipinski definition) is 5. The van der Waals surface area contributed by atoms with E-state index in [1.165, 1.54) is 9.47 Å². The number of nitrogens with zero attached hydrogens (tertiary/aromatic N) is 3. The number of carbonyl (C=O) groups is 3. The number of fused-ring (bicyclic) bond motifs is 1. The number of hydrogen-bond donors (Lipinski definition) is 2. The second-order valence-electron chi connectivity index (χ2n) is 8.65. The summed E-state index contributed by atoms with van der Waals surface area (Å²) < 4.78 is 8.88. The third-order valence-electron chi connectivity index (χ3n) is 6.52. The van der Waals surface area contributed by atoms with E-state index in [2.05, 4.69) is 5.32 Å². The van der Waals surface area contributed by atoms with Crippen LogP contribution in [0.3, 0.4) is 0 Å². The van der Waals surface area contributed by atoms with Crippen LogP contribution >= 0.6 is 0 Å². The summed E-state index contributed by atoms with van der Waals surface area (Å²) in [7, 11) is 3.23. The number of carboxylic acid groups (broad SMARTS) is 1. The van der Waals surface area contributed by atoms with Crippen molar-refractivity contribution in [1.82, 2.24) is 19.4 Å². The van der Waals surface area contributed by atoms with Gasteiger partial charge in [-0.15, -0.1) is 0 Å². The number of benzene rings is 1. The Morgan fingerprint density at radius 3 is 2.69 bits per heavy atom. The minimum absolute atomic E-state index is 0.155. The van der Waals surface area contributed by atoms with E-state index in [4.69, 9.17) is 9.84 Å². The fourth-order valence-corrected chi connectivity index (χ4v) is 4.49. The SMILES string of the molecule is CN(CCCOC1CC(c2ccc3c(c2)n(C)c(=O)n3C2CCC(=O)NC2=O)C1)C(=O)O. The summed E-state index contributed by atoms with van der Waals surface area (Å²) in [6, 6.07) is 5.19. The molecule has 0 radical (unpaired) electrons. The van der Waals surface area contributed by atoms with Gasteiger partial charge in [0.1, 0.15) is 6.04 Å². The van der Waals surface area contributed by atoms with Crippen LogP contribution in [-0.4, -0.2) is 63.4 Å². The quantitative estimate of drug-likeness (QED) is 0.494. The highest BCUT2D eigenvalue weighted by Crippen LogP contribution is 2.39. The normalized spacial score (nSPS) is 23.1. The van der Waals surface area contributed by atoms with Crippen LogP contribution < -0.4 is 11.0 Å². The van der Waals surface area contributed by atoms with Crippen LogP contribution in [0.25, 0.3) is 11.0 Å². The summed E-state index contributed by atoms with van der Waals surface area (Å²) in [5, 5.41) is 11.2. The molecule has 32 heavy (non-hydrogen) atoms. The number of imidazole rings is 1. The number of ether oxygens (including phenoxy) is 1. The molecule has 3 amide bonds. The van der Waals surface area contributed by atoms with E-state index in [1.807, 2.05) is 18.2 Å². The van der Waals surface area contributed by atoms with Gasteiger partial charge in [0.25, 0.3) is 0 Å². The molecule has 2 heterocycles. The van der Waals surface area contributed by atoms with Crippen LogP contribution in [-0.2, 0) is 21.4 Å². The largest absolute Gasteiger partial charge is 0.465 e. The van der Waals surface area contributed by atoms with Gasteiger partial charge >= 0.3 is 11.8 Å². The molecule has 172 valence electrons. The topological polar surface area (TPSA) is 123 Å². The Morgan fingerprint density at radius 1 is 1.25 bits per heavy atom. The van der Waals surface area contributed by atoms with Crippen molar-refractivity contribution in [3.8, 4) is 0 Å². The molecule has 2 aliphatic rings. The highest BCUT2D eigenvalue weighted by atomic mass is 16.5. The maximum atomic E-state index is 12.9. The maximum absolute atomic E-state index is 12.9. The molecule has 10 nitrogen and oxygen atoms in total. The van der Waals surface area contributed by atoms with E-state index in [0.29, 0.717) is 37.4 Å². The number of amides is 3. The van der Waals surface area contributed by atoms with Crippen LogP contribution in [0, 0.1) is 0 Å². The number of aromatic nitrogens is 2. The molecule has 1 unspecified atom stereocenters. The van der Waals surface area contributed by atoms with Crippen molar-refractivity contribution in [2.24, 2.45) is 7.05 Å². The van der Waals surface area contributed by atoms with Gasteiger partial charge in [-0.3, -0.25) is 24.0 Å². The van der Waals surface area contributed by atoms with Gasteiger partial charge in [0.2, 0.25) is 11.8 Å². The van der Waals surface area contributed by atoms with E-state index in [-0.39, 0.29) is 24.1 Å². The lowest BCUT2D eigenvalue weighted by molar-refractivity contribution is -0.135. The van der Waals surface area contributed by atoms with Crippen LogP contribution in [0.2, 0.25) is 0 Å². The van der Waals surface area contributed by atoms with Gasteiger partial charge in [-0.2, -0.15) is 0 Å². The fraction of sp³-hybridized carbons (Fsp3) is 0.545. The lowest BCUT2D eigenvalue weighted by Crippen LogP contribution is -2.44. The van der Waals surface area contributed by atoms with Crippen molar-refractivity contribution in [2.45, 2.75) is 50.2 Å². The number of piperidine rings is 1. The van der Waals surface area contributed by atoms with Gasteiger partial charge in [-0.1, -0.05) is 6.07 Å². The summed E-state index contributed by atoms with van der Waals surface area (Å²) in [6.07, 6.45) is 2.16. The predicted molar refractivity (Wildman–Crippen MR) is 116 cm³/mol. The second kappa shape index (κ2) is 8.78. The van der Waals surface area contributed by atoms with Gasteiger partial charge < -0.3 is 14.7 Å². The summed E-state index contributed by atoms with van der Waals surface area (Å²) in [4.78, 5) is 48.7. The van der Waals surface area contributed by atoms with Crippen molar-refractivity contribution in [3.05, 3.63) is 34.2 Å². The zero-order chi connectivity index (χ0) is 23.0. The standard InChI is InChI=1S/C22H28N4O6/c1-24(22(30)31)8-3-9-32-15-10-14(11-15)13-4-5-16-18(12-13)25(2)21(29)26(16)17-6-7-19(27)23-20(17)28/h4-5,12,14-15,17H,3,6-11H2,1-2H3,(H,30,31)(H,23,27,28). The number of rotatable bonds is 7. The molecule has 4 rings (SSSR count). The zero-order valence-corrected chi connectivity index (χ0v) is 18.2. The lowest BCUT2D eigenvalue weighted by Gasteiger charge is -2.35. The Hall–Kier alpha value is -3.14. The Labute approximate surface area is 184 Å². The number of carbonyl (C=O) groups excluding carboxylic acids is 2. The number of imide groups is 1. The molecule has 0 spiro atoms. The maximum Gasteiger partial charge on any atom is 0.407 e. The summed E-state index contributed by atoms with van der Waals surface area (Å²) in [6.45, 7) is 0.970. The molecule has 2 N–H and O–H groups in total. The van der Waals surface area contributed by atoms with E-state index in [9.17, 15) is 19.2 Å². The summed E-state index contributed by atoms with van der Waals surface area (Å²) in [5.41, 5.74) is 2.30. The molecule has 1 aliphatic heterocycles. The predicted octanol–water partition coefficient (Wildman–Crippen LogP) is 1.58. The molecule has 1 saturated carbocycles. The molecule has 1 atom stereocenters. The molecule has 1 saturated heterocycles. The third-order valence-corrected chi connectivity index (χ3v) is 6.52. The zero-order valence-electron chi connectivity index (χ0n) is 18.2. The Bertz CT molecular complexity index is 1110. The molecule has 1 aromatic heterocycles. The van der Waals surface area contributed by atoms with E-state index < -0.39 is 18.0 Å². The third kappa shape index (κ3) is 4.14. The molecule has 1 aromatic carbocycles. The van der Waals surface area contributed by atoms with Crippen LogP contribution in [0.15, 0.2) is 23.0 Å². The van der Waals surface area contributed by atoms with Gasteiger partial charge in [0.05, 0.1) is 17.1 Å². The molecule has 2 aromatic rings. The monoisotopic (exact) mass is 444 g/mol. The van der Waals surface area contributed by atoms with Crippen LogP contribution in [0.1, 0.15) is 49.6 Å². The first-order valence-corrected chi connectivity index (χ1v) is 10.9. The molecule has 1 aliphatic carbocycles. The van der Waals surface area contributed by atoms with Crippen molar-refractivity contribution in [3.63, 3.8) is 0 Å². The summed E-state index contributed by atoms with van der Waals surface area (Å²) >= 11 is 0. The fourth-order valence-electron chi connectivity index (χ4n) is 4.49. The van der Waals surface area contributed by atoms with Gasteiger partial charge in [0.15, 0.2) is 0 Å². The molecular weight excluding hydrogens is 416 g/mol. The van der Waals surface area contributed by atoms with Crippen molar-refractivity contribution in [2.75, 3.05) is 20.2 Å². The Kier molecular flexibility index (Phi) is 6.05. The van der Waals surface area contributed by atoms with Crippen LogP contribution in [0.5, 0.6) is 0 Å². The van der Waals surface area contributed by atoms with Crippen LogP contribution in [0.4, 0.5) is 4.79 Å². The van der Waals surface area contributed by atoms with E-state index in [0.717, 1.165) is 23.9 Å². The first-order valence-electron chi connectivity index (χ1n) is 10.9. The molecular formula is C22H28N4O6. The highest BCUT2D eigenvalue weighted by molar-refractivity contribution is 6.00. The Morgan fingerprint density at radius 2 is 2.00 bits per heavy atom. The minimum atomic E-state index is -0.940. The smallest absolute Gasteiger partial charge is 0.407 e. The van der Waals surface area contributed by atoms with Crippen molar-refractivity contribution >= 4 is 28.9 Å². The molecule has 10 heteroatoms. The van der Waals surface area contributed by atoms with Crippen molar-refractivity contribution < 1.29 is 24.2 Å². The first kappa shape index (κ1) is 22.1. The average Bonchev–Trinajstić information content (AvgIpc) is 2.96. The van der Waals surface area contributed by atoms with E-state index >= 15 is 0 Å². The highest BCUT2D eigenvalue weighted by Gasteiger charge is 2.33. The summed E-state index contributed by atoms with van der Waals surface area (Å²) in [5.74, 6) is -0.411.